The molecule has 0 aromatic carbocycles. The molecule has 0 aliphatic heterocycles. The van der Waals surface area contributed by atoms with Gasteiger partial charge in [0.25, 0.3) is 0 Å². The first-order chi connectivity index (χ1) is 7.12. The zero-order valence-electron chi connectivity index (χ0n) is 9.13. The molecular weight excluding hydrogens is 254 g/mol. The van der Waals surface area contributed by atoms with Crippen LogP contribution in [-0.4, -0.2) is 16.5 Å². The molecule has 2 rings (SSSR count). The summed E-state index contributed by atoms with van der Waals surface area (Å²) >= 11 is 3.32. The highest BCUT2D eigenvalue weighted by atomic mass is 79.9. The molecular formula is C11H16BrN3. The smallest absolute Gasteiger partial charge is 0.222 e. The maximum Gasteiger partial charge on any atom is 0.222 e. The third-order valence-corrected chi connectivity index (χ3v) is 3.75. The molecule has 1 saturated carbocycles. The van der Waals surface area contributed by atoms with Crippen molar-refractivity contribution < 1.29 is 0 Å². The summed E-state index contributed by atoms with van der Waals surface area (Å²) in [7, 11) is 0. The average Bonchev–Trinajstić information content (AvgIpc) is 2.98. The van der Waals surface area contributed by atoms with E-state index in [0.29, 0.717) is 5.41 Å². The summed E-state index contributed by atoms with van der Waals surface area (Å²) in [5.74, 6) is 1.46. The Balaban J connectivity index is 1.91. The molecule has 1 aromatic rings. The third kappa shape index (κ3) is 2.48. The van der Waals surface area contributed by atoms with Gasteiger partial charge in [-0.3, -0.25) is 0 Å². The third-order valence-electron chi connectivity index (χ3n) is 3.34. The fourth-order valence-electron chi connectivity index (χ4n) is 1.78. The van der Waals surface area contributed by atoms with Crippen LogP contribution in [0.15, 0.2) is 16.9 Å². The van der Waals surface area contributed by atoms with E-state index in [1.807, 2.05) is 0 Å². The van der Waals surface area contributed by atoms with Crippen molar-refractivity contribution in [2.45, 2.75) is 26.7 Å². The van der Waals surface area contributed by atoms with Crippen LogP contribution in [0.5, 0.6) is 0 Å². The van der Waals surface area contributed by atoms with Crippen molar-refractivity contribution in [2.75, 3.05) is 11.9 Å². The first-order valence-corrected chi connectivity index (χ1v) is 6.13. The van der Waals surface area contributed by atoms with Gasteiger partial charge in [0.1, 0.15) is 0 Å². The summed E-state index contributed by atoms with van der Waals surface area (Å²) in [6.45, 7) is 5.57. The van der Waals surface area contributed by atoms with Gasteiger partial charge in [-0.15, -0.1) is 0 Å². The minimum Gasteiger partial charge on any atom is -0.354 e. The first-order valence-electron chi connectivity index (χ1n) is 5.34. The maximum atomic E-state index is 4.20. The van der Waals surface area contributed by atoms with E-state index < -0.39 is 0 Å². The number of halogens is 1. The summed E-state index contributed by atoms with van der Waals surface area (Å²) < 4.78 is 0.915. The van der Waals surface area contributed by atoms with E-state index in [-0.39, 0.29) is 0 Å². The number of hydrogen-bond donors (Lipinski definition) is 1. The van der Waals surface area contributed by atoms with Gasteiger partial charge in [0, 0.05) is 18.9 Å². The topological polar surface area (TPSA) is 37.8 Å². The quantitative estimate of drug-likeness (QED) is 0.913. The number of aromatic nitrogens is 2. The minimum absolute atomic E-state index is 0.496. The summed E-state index contributed by atoms with van der Waals surface area (Å²) in [5.41, 5.74) is 0.496. The van der Waals surface area contributed by atoms with Crippen LogP contribution in [0.25, 0.3) is 0 Å². The summed E-state index contributed by atoms with van der Waals surface area (Å²) in [6, 6.07) is 0. The van der Waals surface area contributed by atoms with E-state index in [1.165, 1.54) is 12.8 Å². The van der Waals surface area contributed by atoms with E-state index in [2.05, 4.69) is 45.1 Å². The molecule has 1 heterocycles. The van der Waals surface area contributed by atoms with Crippen LogP contribution in [-0.2, 0) is 0 Å². The van der Waals surface area contributed by atoms with Crippen LogP contribution >= 0.6 is 15.9 Å². The van der Waals surface area contributed by atoms with Crippen LogP contribution in [0.4, 0.5) is 5.95 Å². The zero-order valence-corrected chi connectivity index (χ0v) is 10.7. The molecule has 1 N–H and O–H groups in total. The molecule has 0 spiro atoms. The van der Waals surface area contributed by atoms with Gasteiger partial charge >= 0.3 is 0 Å². The van der Waals surface area contributed by atoms with E-state index in [0.717, 1.165) is 22.9 Å². The second-order valence-electron chi connectivity index (χ2n) is 4.60. The Morgan fingerprint density at radius 3 is 2.47 bits per heavy atom. The van der Waals surface area contributed by atoms with Crippen LogP contribution in [0.3, 0.4) is 0 Å². The lowest BCUT2D eigenvalue weighted by molar-refractivity contribution is 0.379. The summed E-state index contributed by atoms with van der Waals surface area (Å²) in [4.78, 5) is 8.40. The van der Waals surface area contributed by atoms with Gasteiger partial charge in [-0.05, 0) is 40.1 Å². The second-order valence-corrected chi connectivity index (χ2v) is 5.51. The molecule has 1 aliphatic carbocycles. The predicted molar refractivity (Wildman–Crippen MR) is 64.7 cm³/mol. The standard InChI is InChI=1S/C11H16BrN3/c1-8(2)11(3-4-11)7-15-10-13-5-9(12)6-14-10/h5-6,8H,3-4,7H2,1-2H3,(H,13,14,15). The van der Waals surface area contributed by atoms with Crippen LogP contribution in [0.1, 0.15) is 26.7 Å². The predicted octanol–water partition coefficient (Wildman–Crippen LogP) is 3.09. The van der Waals surface area contributed by atoms with Gasteiger partial charge in [0.15, 0.2) is 0 Å². The van der Waals surface area contributed by atoms with Gasteiger partial charge in [0.2, 0.25) is 5.95 Å². The number of nitrogens with one attached hydrogen (secondary N) is 1. The van der Waals surface area contributed by atoms with Crippen molar-refractivity contribution in [1.29, 1.82) is 0 Å². The van der Waals surface area contributed by atoms with Crippen molar-refractivity contribution in [1.82, 2.24) is 9.97 Å². The number of rotatable bonds is 4. The lowest BCUT2D eigenvalue weighted by Gasteiger charge is -2.19. The molecule has 0 radical (unpaired) electrons. The minimum atomic E-state index is 0.496. The number of nitrogens with zero attached hydrogens (tertiary/aromatic N) is 2. The molecule has 0 amide bonds. The Kier molecular flexibility index (Phi) is 2.96. The first kappa shape index (κ1) is 10.9. The van der Waals surface area contributed by atoms with E-state index in [4.69, 9.17) is 0 Å². The lowest BCUT2D eigenvalue weighted by atomic mass is 9.92. The normalized spacial score (nSPS) is 17.9. The van der Waals surface area contributed by atoms with Gasteiger partial charge in [0.05, 0.1) is 4.47 Å². The van der Waals surface area contributed by atoms with Crippen molar-refractivity contribution >= 4 is 21.9 Å². The summed E-state index contributed by atoms with van der Waals surface area (Å²) in [6.07, 6.45) is 6.19. The lowest BCUT2D eigenvalue weighted by Crippen LogP contribution is -2.21. The highest BCUT2D eigenvalue weighted by molar-refractivity contribution is 9.10. The Hall–Kier alpha value is -0.640. The molecule has 4 heteroatoms. The van der Waals surface area contributed by atoms with Crippen molar-refractivity contribution in [3.8, 4) is 0 Å². The Labute approximate surface area is 98.8 Å². The fraction of sp³-hybridized carbons (Fsp3) is 0.636. The Morgan fingerprint density at radius 1 is 1.40 bits per heavy atom. The van der Waals surface area contributed by atoms with Gasteiger partial charge in [-0.1, -0.05) is 13.8 Å². The van der Waals surface area contributed by atoms with Crippen molar-refractivity contribution in [3.05, 3.63) is 16.9 Å². The van der Waals surface area contributed by atoms with E-state index in [9.17, 15) is 0 Å². The fourth-order valence-corrected chi connectivity index (χ4v) is 1.98. The molecule has 82 valence electrons. The van der Waals surface area contributed by atoms with Gasteiger partial charge < -0.3 is 5.32 Å². The van der Waals surface area contributed by atoms with Gasteiger partial charge in [-0.2, -0.15) is 0 Å². The van der Waals surface area contributed by atoms with Crippen LogP contribution in [0, 0.1) is 11.3 Å². The molecule has 3 nitrogen and oxygen atoms in total. The Morgan fingerprint density at radius 2 is 2.00 bits per heavy atom. The highest BCUT2D eigenvalue weighted by Crippen LogP contribution is 2.51. The molecule has 0 bridgehead atoms. The molecule has 15 heavy (non-hydrogen) atoms. The summed E-state index contributed by atoms with van der Waals surface area (Å²) in [5, 5.41) is 3.31. The molecule has 0 unspecified atom stereocenters. The molecule has 1 fully saturated rings. The number of hydrogen-bond acceptors (Lipinski definition) is 3. The van der Waals surface area contributed by atoms with E-state index in [1.54, 1.807) is 12.4 Å². The Bertz CT molecular complexity index is 330. The van der Waals surface area contributed by atoms with Crippen LogP contribution < -0.4 is 5.32 Å². The monoisotopic (exact) mass is 269 g/mol. The van der Waals surface area contributed by atoms with Crippen molar-refractivity contribution in [2.24, 2.45) is 11.3 Å². The average molecular weight is 270 g/mol. The van der Waals surface area contributed by atoms with E-state index >= 15 is 0 Å². The van der Waals surface area contributed by atoms with Crippen LogP contribution in [0.2, 0.25) is 0 Å². The van der Waals surface area contributed by atoms with Crippen molar-refractivity contribution in [3.63, 3.8) is 0 Å². The zero-order chi connectivity index (χ0) is 10.9. The largest absolute Gasteiger partial charge is 0.354 e. The maximum absolute atomic E-state index is 4.20. The molecule has 0 atom stereocenters. The number of anilines is 1. The highest BCUT2D eigenvalue weighted by Gasteiger charge is 2.44. The molecule has 1 aromatic heterocycles. The van der Waals surface area contributed by atoms with Gasteiger partial charge in [-0.25, -0.2) is 9.97 Å². The SMILES string of the molecule is CC(C)C1(CNc2ncc(Br)cn2)CC1. The molecule has 0 saturated heterocycles. The second kappa shape index (κ2) is 4.08. The molecule has 1 aliphatic rings.